The van der Waals surface area contributed by atoms with E-state index in [1.807, 2.05) is 13.8 Å². The van der Waals surface area contributed by atoms with E-state index in [4.69, 9.17) is 4.74 Å². The van der Waals surface area contributed by atoms with Gasteiger partial charge in [0.25, 0.3) is 11.5 Å². The zero-order chi connectivity index (χ0) is 20.1. The van der Waals surface area contributed by atoms with Gasteiger partial charge in [0, 0.05) is 30.4 Å². The summed E-state index contributed by atoms with van der Waals surface area (Å²) in [4.78, 5) is 25.6. The Morgan fingerprint density at radius 3 is 2.79 bits per heavy atom. The van der Waals surface area contributed by atoms with E-state index < -0.39 is 0 Å². The lowest BCUT2D eigenvalue weighted by Gasteiger charge is -2.19. The normalized spacial score (nSPS) is 13.7. The molecular formula is C22H27FN2O3. The van der Waals surface area contributed by atoms with Gasteiger partial charge < -0.3 is 14.6 Å². The molecule has 0 unspecified atom stereocenters. The first-order chi connectivity index (χ1) is 13.5. The number of halogens is 1. The van der Waals surface area contributed by atoms with E-state index in [9.17, 15) is 14.0 Å². The molecule has 0 spiro atoms. The molecular weight excluding hydrogens is 359 g/mol. The third-order valence-electron chi connectivity index (χ3n) is 4.87. The summed E-state index contributed by atoms with van der Waals surface area (Å²) in [6, 6.07) is 7.77. The Labute approximate surface area is 164 Å². The van der Waals surface area contributed by atoms with Crippen molar-refractivity contribution in [2.75, 3.05) is 6.61 Å². The number of ether oxygens (including phenoxy) is 1. The van der Waals surface area contributed by atoms with Crippen LogP contribution in [0.1, 0.15) is 54.7 Å². The second-order valence-electron chi connectivity index (χ2n) is 7.61. The Morgan fingerprint density at radius 2 is 2.04 bits per heavy atom. The van der Waals surface area contributed by atoms with E-state index in [0.717, 1.165) is 25.0 Å². The maximum atomic E-state index is 13.9. The second-order valence-corrected chi connectivity index (χ2v) is 7.61. The van der Waals surface area contributed by atoms with Crippen LogP contribution in [0.15, 0.2) is 35.1 Å². The van der Waals surface area contributed by atoms with Crippen LogP contribution in [-0.4, -0.2) is 17.1 Å². The molecule has 1 aliphatic rings. The molecule has 1 aromatic heterocycles. The summed E-state index contributed by atoms with van der Waals surface area (Å²) >= 11 is 0. The SMILES string of the molecule is CC(C)COc1cc(=O)n2c(c1C(=O)NCc1ccccc1F)CCCCC2. The van der Waals surface area contributed by atoms with Gasteiger partial charge in [0.05, 0.1) is 6.61 Å². The van der Waals surface area contributed by atoms with Gasteiger partial charge >= 0.3 is 0 Å². The van der Waals surface area contributed by atoms with Crippen molar-refractivity contribution in [1.82, 2.24) is 9.88 Å². The molecule has 150 valence electrons. The van der Waals surface area contributed by atoms with E-state index in [0.29, 0.717) is 36.4 Å². The minimum Gasteiger partial charge on any atom is -0.492 e. The lowest BCUT2D eigenvalue weighted by molar-refractivity contribution is 0.0943. The van der Waals surface area contributed by atoms with Crippen LogP contribution in [0.4, 0.5) is 4.39 Å². The summed E-state index contributed by atoms with van der Waals surface area (Å²) in [5, 5.41) is 2.80. The van der Waals surface area contributed by atoms with Crippen LogP contribution >= 0.6 is 0 Å². The summed E-state index contributed by atoms with van der Waals surface area (Å²) in [6.07, 6.45) is 3.49. The van der Waals surface area contributed by atoms with Gasteiger partial charge in [-0.1, -0.05) is 38.5 Å². The summed E-state index contributed by atoms with van der Waals surface area (Å²) < 4.78 is 21.4. The van der Waals surface area contributed by atoms with Crippen LogP contribution in [-0.2, 0) is 19.5 Å². The Hall–Kier alpha value is -2.63. The van der Waals surface area contributed by atoms with Gasteiger partial charge in [-0.05, 0) is 31.2 Å². The van der Waals surface area contributed by atoms with Crippen LogP contribution in [0.2, 0.25) is 0 Å². The largest absolute Gasteiger partial charge is 0.492 e. The van der Waals surface area contributed by atoms with E-state index in [1.165, 1.54) is 12.1 Å². The molecule has 1 aromatic carbocycles. The molecule has 6 heteroatoms. The van der Waals surface area contributed by atoms with Gasteiger partial charge in [-0.25, -0.2) is 4.39 Å². The smallest absolute Gasteiger partial charge is 0.257 e. The van der Waals surface area contributed by atoms with Crippen molar-refractivity contribution in [3.63, 3.8) is 0 Å². The molecule has 0 saturated carbocycles. The van der Waals surface area contributed by atoms with Crippen molar-refractivity contribution in [2.24, 2.45) is 5.92 Å². The monoisotopic (exact) mass is 386 g/mol. The molecule has 5 nitrogen and oxygen atoms in total. The highest BCUT2D eigenvalue weighted by atomic mass is 19.1. The van der Waals surface area contributed by atoms with E-state index in [1.54, 1.807) is 22.8 Å². The zero-order valence-electron chi connectivity index (χ0n) is 16.5. The zero-order valence-corrected chi connectivity index (χ0v) is 16.5. The number of fused-ring (bicyclic) bond motifs is 1. The average Bonchev–Trinajstić information content (AvgIpc) is 2.92. The first-order valence-electron chi connectivity index (χ1n) is 9.88. The predicted octanol–water partition coefficient (Wildman–Crippen LogP) is 3.68. The third kappa shape index (κ3) is 4.61. The molecule has 28 heavy (non-hydrogen) atoms. The van der Waals surface area contributed by atoms with Crippen molar-refractivity contribution >= 4 is 5.91 Å². The number of aromatic nitrogens is 1. The number of hydrogen-bond acceptors (Lipinski definition) is 3. The highest BCUT2D eigenvalue weighted by Gasteiger charge is 2.24. The minimum atomic E-state index is -0.359. The van der Waals surface area contributed by atoms with Gasteiger partial charge in [-0.2, -0.15) is 0 Å². The molecule has 3 rings (SSSR count). The number of nitrogens with zero attached hydrogens (tertiary/aromatic N) is 1. The van der Waals surface area contributed by atoms with E-state index in [2.05, 4.69) is 5.32 Å². The van der Waals surface area contributed by atoms with Crippen LogP contribution in [0.5, 0.6) is 5.75 Å². The van der Waals surface area contributed by atoms with Crippen molar-refractivity contribution in [2.45, 2.75) is 52.6 Å². The number of rotatable bonds is 6. The molecule has 2 heterocycles. The Balaban J connectivity index is 1.94. The molecule has 0 saturated heterocycles. The quantitative estimate of drug-likeness (QED) is 0.824. The average molecular weight is 386 g/mol. The first-order valence-corrected chi connectivity index (χ1v) is 9.88. The highest BCUT2D eigenvalue weighted by Crippen LogP contribution is 2.25. The number of pyridine rings is 1. The van der Waals surface area contributed by atoms with Crippen LogP contribution in [0, 0.1) is 11.7 Å². The fourth-order valence-electron chi connectivity index (χ4n) is 3.44. The number of carbonyl (C=O) groups is 1. The Morgan fingerprint density at radius 1 is 1.25 bits per heavy atom. The highest BCUT2D eigenvalue weighted by molar-refractivity contribution is 5.98. The summed E-state index contributed by atoms with van der Waals surface area (Å²) in [7, 11) is 0. The minimum absolute atomic E-state index is 0.0771. The van der Waals surface area contributed by atoms with E-state index >= 15 is 0 Å². The van der Waals surface area contributed by atoms with Gasteiger partial charge in [0.1, 0.15) is 17.1 Å². The fraction of sp³-hybridized carbons (Fsp3) is 0.455. The summed E-state index contributed by atoms with van der Waals surface area (Å²) in [5.74, 6) is -0.122. The number of nitrogens with one attached hydrogen (secondary N) is 1. The van der Waals surface area contributed by atoms with Gasteiger partial charge in [-0.15, -0.1) is 0 Å². The number of carbonyl (C=O) groups excluding carboxylic acids is 1. The molecule has 1 N–H and O–H groups in total. The van der Waals surface area contributed by atoms with Crippen molar-refractivity contribution in [1.29, 1.82) is 0 Å². The lowest BCUT2D eigenvalue weighted by Crippen LogP contribution is -2.31. The molecule has 2 aromatic rings. The van der Waals surface area contributed by atoms with Crippen molar-refractivity contribution < 1.29 is 13.9 Å². The number of hydrogen-bond donors (Lipinski definition) is 1. The molecule has 0 bridgehead atoms. The second kappa shape index (κ2) is 9.04. The molecule has 0 radical (unpaired) electrons. The van der Waals surface area contributed by atoms with Crippen LogP contribution in [0.25, 0.3) is 0 Å². The number of benzene rings is 1. The topological polar surface area (TPSA) is 60.3 Å². The summed E-state index contributed by atoms with van der Waals surface area (Å²) in [6.45, 7) is 5.11. The van der Waals surface area contributed by atoms with Crippen molar-refractivity contribution in [3.05, 3.63) is 63.3 Å². The van der Waals surface area contributed by atoms with Crippen molar-refractivity contribution in [3.8, 4) is 5.75 Å². The predicted molar refractivity (Wildman–Crippen MR) is 106 cm³/mol. The van der Waals surface area contributed by atoms with Crippen LogP contribution < -0.4 is 15.6 Å². The van der Waals surface area contributed by atoms with E-state index in [-0.39, 0.29) is 29.7 Å². The fourth-order valence-corrected chi connectivity index (χ4v) is 3.44. The third-order valence-corrected chi connectivity index (χ3v) is 4.87. The number of amides is 1. The molecule has 0 fully saturated rings. The Kier molecular flexibility index (Phi) is 6.49. The lowest BCUT2D eigenvalue weighted by atomic mass is 10.1. The maximum absolute atomic E-state index is 13.9. The van der Waals surface area contributed by atoms with Gasteiger partial charge in [0.2, 0.25) is 0 Å². The molecule has 1 amide bonds. The standard InChI is InChI=1S/C22H27FN2O3/c1-15(2)14-28-19-12-20(26)25-11-7-3-4-10-18(25)21(19)22(27)24-13-16-8-5-6-9-17(16)23/h5-6,8-9,12,15H,3-4,7,10-11,13-14H2,1-2H3,(H,24,27). The molecule has 1 aliphatic heterocycles. The van der Waals surface area contributed by atoms with Gasteiger partial charge in [-0.3, -0.25) is 9.59 Å². The van der Waals surface area contributed by atoms with Crippen LogP contribution in [0.3, 0.4) is 0 Å². The maximum Gasteiger partial charge on any atom is 0.257 e. The summed E-state index contributed by atoms with van der Waals surface area (Å²) in [5.41, 5.74) is 1.40. The first kappa shape index (κ1) is 20.1. The van der Waals surface area contributed by atoms with Gasteiger partial charge in [0.15, 0.2) is 0 Å². The molecule has 0 atom stereocenters. The Bertz CT molecular complexity index is 905. The molecule has 0 aliphatic carbocycles.